The molecule has 2 unspecified atom stereocenters. The molecule has 1 aliphatic heterocycles. The maximum Gasteiger partial charge on any atom is 0.438 e. The average molecular weight is 397 g/mol. The van der Waals surface area contributed by atoms with Crippen molar-refractivity contribution in [2.45, 2.75) is 51.6 Å². The minimum atomic E-state index is -5.01. The van der Waals surface area contributed by atoms with Crippen molar-refractivity contribution >= 4 is 28.1 Å². The van der Waals surface area contributed by atoms with E-state index in [0.717, 1.165) is 6.21 Å². The molecule has 1 N–H and O–H groups in total. The molecule has 6 nitrogen and oxygen atoms in total. The molecular formula is C13H16BrF3N4O2. The van der Waals surface area contributed by atoms with Crippen LogP contribution >= 0.6 is 15.9 Å². The summed E-state index contributed by atoms with van der Waals surface area (Å²) in [6.07, 6.45) is -4.71. The van der Waals surface area contributed by atoms with Crippen LogP contribution in [0, 0.1) is 13.8 Å². The highest BCUT2D eigenvalue weighted by Gasteiger charge is 2.62. The largest absolute Gasteiger partial charge is 0.438 e. The molecule has 2 atom stereocenters. The van der Waals surface area contributed by atoms with Gasteiger partial charge < -0.3 is 5.11 Å². The van der Waals surface area contributed by atoms with Crippen LogP contribution in [0.4, 0.5) is 13.2 Å². The van der Waals surface area contributed by atoms with Crippen LogP contribution in [0.3, 0.4) is 0 Å². The van der Waals surface area contributed by atoms with E-state index in [0.29, 0.717) is 15.9 Å². The van der Waals surface area contributed by atoms with Gasteiger partial charge >= 0.3 is 6.18 Å². The predicted octanol–water partition coefficient (Wildman–Crippen LogP) is 2.68. The molecule has 2 rings (SSSR count). The molecule has 1 aromatic heterocycles. The molecule has 0 aliphatic carbocycles. The molecule has 1 aromatic rings. The van der Waals surface area contributed by atoms with Crippen LogP contribution < -0.4 is 0 Å². The van der Waals surface area contributed by atoms with Gasteiger partial charge in [-0.25, -0.2) is 0 Å². The van der Waals surface area contributed by atoms with Crippen LogP contribution in [0.5, 0.6) is 0 Å². The highest BCUT2D eigenvalue weighted by atomic mass is 79.9. The first kappa shape index (κ1) is 17.9. The fourth-order valence-electron chi connectivity index (χ4n) is 2.45. The topological polar surface area (TPSA) is 70.7 Å². The Hall–Kier alpha value is -1.42. The van der Waals surface area contributed by atoms with Crippen molar-refractivity contribution in [2.75, 3.05) is 0 Å². The van der Waals surface area contributed by atoms with Crippen molar-refractivity contribution in [1.29, 1.82) is 0 Å². The highest BCUT2D eigenvalue weighted by Crippen LogP contribution is 2.40. The Morgan fingerprint density at radius 2 is 2.13 bits per heavy atom. The Balaban J connectivity index is 2.41. The van der Waals surface area contributed by atoms with Crippen LogP contribution in [0.1, 0.15) is 37.2 Å². The number of rotatable bonds is 3. The first-order valence-corrected chi connectivity index (χ1v) is 7.70. The van der Waals surface area contributed by atoms with Crippen LogP contribution in [-0.4, -0.2) is 43.9 Å². The Bertz CT molecular complexity index is 658. The van der Waals surface area contributed by atoms with Gasteiger partial charge in [0.2, 0.25) is 0 Å². The molecule has 2 heterocycles. The Kier molecular flexibility index (Phi) is 4.60. The molecule has 0 fully saturated rings. The summed E-state index contributed by atoms with van der Waals surface area (Å²) in [5.74, 6) is -0.959. The van der Waals surface area contributed by atoms with Crippen molar-refractivity contribution in [3.8, 4) is 0 Å². The van der Waals surface area contributed by atoms with E-state index >= 15 is 0 Å². The molecule has 0 spiro atoms. The van der Waals surface area contributed by atoms with Gasteiger partial charge in [0.1, 0.15) is 6.04 Å². The Labute approximate surface area is 139 Å². The number of hydrogen-bond acceptors (Lipinski definition) is 4. The predicted molar refractivity (Wildman–Crippen MR) is 79.7 cm³/mol. The second-order valence-electron chi connectivity index (χ2n) is 5.32. The molecule has 1 aliphatic rings. The zero-order chi connectivity index (χ0) is 17.6. The van der Waals surface area contributed by atoms with Gasteiger partial charge in [-0.1, -0.05) is 6.92 Å². The summed E-state index contributed by atoms with van der Waals surface area (Å²) < 4.78 is 41.4. The molecule has 23 heavy (non-hydrogen) atoms. The van der Waals surface area contributed by atoms with E-state index < -0.39 is 30.3 Å². The van der Waals surface area contributed by atoms with Crippen LogP contribution in [0.15, 0.2) is 9.57 Å². The fraction of sp³-hybridized carbons (Fsp3) is 0.615. The Morgan fingerprint density at radius 1 is 1.52 bits per heavy atom. The molecule has 0 aromatic carbocycles. The van der Waals surface area contributed by atoms with Gasteiger partial charge in [0, 0.05) is 12.6 Å². The van der Waals surface area contributed by atoms with Crippen molar-refractivity contribution in [3.05, 3.63) is 15.9 Å². The number of nitrogens with zero attached hydrogens (tertiary/aromatic N) is 4. The molecule has 0 saturated carbocycles. The first-order valence-electron chi connectivity index (χ1n) is 6.91. The summed E-state index contributed by atoms with van der Waals surface area (Å²) in [5.41, 5.74) is -2.09. The third-order valence-electron chi connectivity index (χ3n) is 3.79. The number of aromatic nitrogens is 2. The minimum Gasteiger partial charge on any atom is -0.362 e. The van der Waals surface area contributed by atoms with E-state index in [2.05, 4.69) is 26.1 Å². The Morgan fingerprint density at radius 3 is 2.57 bits per heavy atom. The van der Waals surface area contributed by atoms with Crippen LogP contribution in [-0.2, 0) is 4.79 Å². The SMILES string of the molecule is CCC(C(=O)N1N=CCC1(O)C(F)(F)F)n1nc(C)c(Br)c1C. The number of alkyl halides is 3. The molecule has 128 valence electrons. The molecule has 1 amide bonds. The van der Waals surface area contributed by atoms with E-state index in [9.17, 15) is 23.1 Å². The van der Waals surface area contributed by atoms with E-state index in [1.165, 1.54) is 4.68 Å². The maximum absolute atomic E-state index is 13.1. The standard InChI is InChI=1S/C13H16BrF3N4O2/c1-4-9(20-8(3)10(14)7(2)19-20)11(22)21-12(23,5-6-18-21)13(15,16)17/h6,9,23H,4-5H2,1-3H3. The smallest absolute Gasteiger partial charge is 0.362 e. The van der Waals surface area contributed by atoms with Crippen molar-refractivity contribution in [2.24, 2.45) is 5.10 Å². The van der Waals surface area contributed by atoms with Gasteiger partial charge in [-0.2, -0.15) is 28.4 Å². The molecule has 0 saturated heterocycles. The number of hydrogen-bond donors (Lipinski definition) is 1. The van der Waals surface area contributed by atoms with Gasteiger partial charge in [0.25, 0.3) is 11.6 Å². The van der Waals surface area contributed by atoms with Crippen LogP contribution in [0.2, 0.25) is 0 Å². The lowest BCUT2D eigenvalue weighted by atomic mass is 10.1. The number of carbonyl (C=O) groups excluding carboxylic acids is 1. The van der Waals surface area contributed by atoms with E-state index in [1.54, 1.807) is 20.8 Å². The number of hydrazone groups is 1. The van der Waals surface area contributed by atoms with E-state index in [4.69, 9.17) is 0 Å². The normalized spacial score (nSPS) is 22.7. The second-order valence-corrected chi connectivity index (χ2v) is 6.11. The number of amides is 1. The summed E-state index contributed by atoms with van der Waals surface area (Å²) in [7, 11) is 0. The second kappa shape index (κ2) is 5.90. The van der Waals surface area contributed by atoms with Gasteiger partial charge in [-0.15, -0.1) is 0 Å². The number of aryl methyl sites for hydroxylation is 1. The summed E-state index contributed by atoms with van der Waals surface area (Å²) in [4.78, 5) is 12.6. The summed E-state index contributed by atoms with van der Waals surface area (Å²) in [5, 5.41) is 17.6. The average Bonchev–Trinajstić information content (AvgIpc) is 2.97. The zero-order valence-electron chi connectivity index (χ0n) is 12.7. The fourth-order valence-corrected chi connectivity index (χ4v) is 2.71. The third-order valence-corrected chi connectivity index (χ3v) is 4.94. The summed E-state index contributed by atoms with van der Waals surface area (Å²) in [6, 6.07) is -0.996. The molecule has 10 heteroatoms. The quantitative estimate of drug-likeness (QED) is 0.853. The van der Waals surface area contributed by atoms with Gasteiger partial charge in [-0.3, -0.25) is 9.48 Å². The van der Waals surface area contributed by atoms with Crippen molar-refractivity contribution < 1.29 is 23.1 Å². The molecule has 0 radical (unpaired) electrons. The lowest BCUT2D eigenvalue weighted by molar-refractivity contribution is -0.303. The first-order chi connectivity index (χ1) is 10.5. The van der Waals surface area contributed by atoms with E-state index in [-0.39, 0.29) is 11.4 Å². The van der Waals surface area contributed by atoms with Gasteiger partial charge in [0.05, 0.1) is 15.9 Å². The molecular weight excluding hydrogens is 381 g/mol. The zero-order valence-corrected chi connectivity index (χ0v) is 14.3. The number of halogens is 4. The van der Waals surface area contributed by atoms with Gasteiger partial charge in [-0.05, 0) is 36.2 Å². The third kappa shape index (κ3) is 2.78. The van der Waals surface area contributed by atoms with Crippen LogP contribution in [0.25, 0.3) is 0 Å². The highest BCUT2D eigenvalue weighted by molar-refractivity contribution is 9.10. The lowest BCUT2D eigenvalue weighted by Crippen LogP contribution is -2.57. The number of carbonyl (C=O) groups is 1. The maximum atomic E-state index is 13.1. The monoisotopic (exact) mass is 396 g/mol. The van der Waals surface area contributed by atoms with E-state index in [1.807, 2.05) is 0 Å². The number of aliphatic hydroxyl groups is 1. The van der Waals surface area contributed by atoms with Crippen molar-refractivity contribution in [1.82, 2.24) is 14.8 Å². The van der Waals surface area contributed by atoms with Crippen molar-refractivity contribution in [3.63, 3.8) is 0 Å². The summed E-state index contributed by atoms with van der Waals surface area (Å²) in [6.45, 7) is 5.06. The lowest BCUT2D eigenvalue weighted by Gasteiger charge is -2.34. The molecule has 0 bridgehead atoms. The summed E-state index contributed by atoms with van der Waals surface area (Å²) >= 11 is 3.32. The van der Waals surface area contributed by atoms with Gasteiger partial charge in [0.15, 0.2) is 0 Å². The minimum absolute atomic E-state index is 0.117.